The number of benzene rings is 1. The molecule has 3 rings (SSSR count). The highest BCUT2D eigenvalue weighted by molar-refractivity contribution is 5.57. The summed E-state index contributed by atoms with van der Waals surface area (Å²) in [6.07, 6.45) is 0.580. The Morgan fingerprint density at radius 1 is 1.16 bits per heavy atom. The quantitative estimate of drug-likeness (QED) is 0.765. The molecule has 0 bridgehead atoms. The Morgan fingerprint density at radius 3 is 2.79 bits per heavy atom. The fourth-order valence-corrected chi connectivity index (χ4v) is 2.50. The Bertz CT molecular complexity index is 599. The molecule has 0 spiro atoms. The maximum atomic E-state index is 12.7. The smallest absolute Gasteiger partial charge is 0.328 e. The summed E-state index contributed by atoms with van der Waals surface area (Å²) in [7, 11) is 0. The lowest BCUT2D eigenvalue weighted by atomic mass is 10.1. The van der Waals surface area contributed by atoms with Crippen molar-refractivity contribution in [3.63, 3.8) is 0 Å². The van der Waals surface area contributed by atoms with Crippen molar-refractivity contribution in [2.24, 2.45) is 0 Å². The first-order chi connectivity index (χ1) is 9.05. The molecule has 1 aromatic heterocycles. The first-order valence-electron chi connectivity index (χ1n) is 6.28. The molecule has 0 N–H and O–H groups in total. The van der Waals surface area contributed by atoms with Crippen LogP contribution in [-0.4, -0.2) is 9.55 Å². The van der Waals surface area contributed by atoms with Crippen LogP contribution < -0.4 is 0 Å². The van der Waals surface area contributed by atoms with Gasteiger partial charge in [-0.3, -0.25) is 0 Å². The number of imidazole rings is 1. The van der Waals surface area contributed by atoms with Gasteiger partial charge in [0.1, 0.15) is 5.82 Å². The first kappa shape index (κ1) is 12.3. The summed E-state index contributed by atoms with van der Waals surface area (Å²) in [5.41, 5.74) is 1.01. The number of halogens is 3. The molecule has 2 aromatic rings. The van der Waals surface area contributed by atoms with E-state index in [1.54, 1.807) is 12.3 Å². The van der Waals surface area contributed by atoms with E-state index in [1.807, 2.05) is 4.57 Å². The zero-order valence-corrected chi connectivity index (χ0v) is 10.2. The predicted octanol–water partition coefficient (Wildman–Crippen LogP) is 3.91. The number of fused-ring (bicyclic) bond motifs is 1. The Balaban J connectivity index is 2.05. The zero-order valence-electron chi connectivity index (χ0n) is 10.2. The van der Waals surface area contributed by atoms with E-state index in [1.165, 1.54) is 12.1 Å². The lowest BCUT2D eigenvalue weighted by Crippen LogP contribution is -2.11. The van der Waals surface area contributed by atoms with E-state index in [4.69, 9.17) is 0 Å². The molecule has 5 heteroatoms. The zero-order chi connectivity index (χ0) is 13.5. The summed E-state index contributed by atoms with van der Waals surface area (Å²) in [6, 6.07) is 5.37. The summed E-state index contributed by atoms with van der Waals surface area (Å²) < 4.78 is 40.2. The summed E-state index contributed by atoms with van der Waals surface area (Å²) in [5, 5.41) is 0. The van der Waals surface area contributed by atoms with Crippen molar-refractivity contribution >= 4 is 0 Å². The van der Waals surface area contributed by atoms with Gasteiger partial charge in [0.2, 0.25) is 0 Å². The number of aromatic nitrogens is 2. The normalized spacial score (nSPS) is 15.3. The number of alkyl halides is 3. The van der Waals surface area contributed by atoms with Crippen molar-refractivity contribution in [3.8, 4) is 11.4 Å². The second-order valence-corrected chi connectivity index (χ2v) is 4.76. The SMILES string of the molecule is FC(F)(F)c1cccc(-c2ncc3n2CCCC3)c1. The standard InChI is InChI=1S/C14H13F3N2/c15-14(16,17)11-5-3-4-10(8-11)13-18-9-12-6-1-2-7-19(12)13/h3-5,8-9H,1-2,6-7H2. The minimum atomic E-state index is -4.31. The Labute approximate surface area is 108 Å². The van der Waals surface area contributed by atoms with Gasteiger partial charge in [-0.15, -0.1) is 0 Å². The van der Waals surface area contributed by atoms with Crippen LogP contribution in [-0.2, 0) is 19.1 Å². The monoisotopic (exact) mass is 266 g/mol. The molecule has 0 atom stereocenters. The van der Waals surface area contributed by atoms with Gasteiger partial charge in [-0.25, -0.2) is 4.98 Å². The molecular weight excluding hydrogens is 253 g/mol. The van der Waals surface area contributed by atoms with Crippen molar-refractivity contribution in [3.05, 3.63) is 41.7 Å². The molecule has 0 amide bonds. The van der Waals surface area contributed by atoms with E-state index >= 15 is 0 Å². The second kappa shape index (κ2) is 4.40. The van der Waals surface area contributed by atoms with Gasteiger partial charge in [-0.2, -0.15) is 13.2 Å². The van der Waals surface area contributed by atoms with Crippen molar-refractivity contribution in [1.29, 1.82) is 0 Å². The molecule has 0 radical (unpaired) electrons. The molecule has 0 saturated carbocycles. The summed E-state index contributed by atoms with van der Waals surface area (Å²) in [5.74, 6) is 0.640. The molecule has 0 aliphatic carbocycles. The van der Waals surface area contributed by atoms with E-state index in [0.717, 1.165) is 37.6 Å². The van der Waals surface area contributed by atoms with E-state index < -0.39 is 11.7 Å². The average molecular weight is 266 g/mol. The molecule has 0 unspecified atom stereocenters. The molecule has 0 fully saturated rings. The summed E-state index contributed by atoms with van der Waals surface area (Å²) in [4.78, 5) is 4.29. The van der Waals surface area contributed by atoms with Crippen LogP contribution in [0, 0.1) is 0 Å². The molecule has 19 heavy (non-hydrogen) atoms. The van der Waals surface area contributed by atoms with Gasteiger partial charge in [-0.1, -0.05) is 12.1 Å². The number of rotatable bonds is 1. The highest BCUT2D eigenvalue weighted by Crippen LogP contribution is 2.32. The minimum Gasteiger partial charge on any atom is -0.328 e. The van der Waals surface area contributed by atoms with Crippen LogP contribution in [0.25, 0.3) is 11.4 Å². The van der Waals surface area contributed by atoms with Gasteiger partial charge in [0.15, 0.2) is 0 Å². The van der Waals surface area contributed by atoms with Crippen molar-refractivity contribution in [2.45, 2.75) is 32.0 Å². The third-order valence-corrected chi connectivity index (χ3v) is 3.45. The Kier molecular flexibility index (Phi) is 2.84. The van der Waals surface area contributed by atoms with Crippen molar-refractivity contribution < 1.29 is 13.2 Å². The van der Waals surface area contributed by atoms with Crippen LogP contribution in [0.2, 0.25) is 0 Å². The van der Waals surface area contributed by atoms with E-state index in [2.05, 4.69) is 4.98 Å². The third-order valence-electron chi connectivity index (χ3n) is 3.45. The summed E-state index contributed by atoms with van der Waals surface area (Å²) in [6.45, 7) is 0.834. The molecular formula is C14H13F3N2. The molecule has 1 aromatic carbocycles. The molecule has 2 heterocycles. The Hall–Kier alpha value is -1.78. The largest absolute Gasteiger partial charge is 0.416 e. The molecule has 100 valence electrons. The number of hydrogen-bond acceptors (Lipinski definition) is 1. The van der Waals surface area contributed by atoms with Crippen LogP contribution in [0.5, 0.6) is 0 Å². The fraction of sp³-hybridized carbons (Fsp3) is 0.357. The number of nitrogens with zero attached hydrogens (tertiary/aromatic N) is 2. The van der Waals surface area contributed by atoms with Gasteiger partial charge in [-0.05, 0) is 31.4 Å². The van der Waals surface area contributed by atoms with Crippen LogP contribution >= 0.6 is 0 Å². The summed E-state index contributed by atoms with van der Waals surface area (Å²) >= 11 is 0. The van der Waals surface area contributed by atoms with Gasteiger partial charge < -0.3 is 4.57 Å². The maximum Gasteiger partial charge on any atom is 0.416 e. The lowest BCUT2D eigenvalue weighted by Gasteiger charge is -2.17. The van der Waals surface area contributed by atoms with Crippen LogP contribution in [0.4, 0.5) is 13.2 Å². The van der Waals surface area contributed by atoms with E-state index in [0.29, 0.717) is 11.4 Å². The molecule has 1 aliphatic heterocycles. The highest BCUT2D eigenvalue weighted by Gasteiger charge is 2.30. The average Bonchev–Trinajstić information content (AvgIpc) is 2.82. The molecule has 1 aliphatic rings. The highest BCUT2D eigenvalue weighted by atomic mass is 19.4. The van der Waals surface area contributed by atoms with E-state index in [-0.39, 0.29) is 0 Å². The van der Waals surface area contributed by atoms with Crippen molar-refractivity contribution in [1.82, 2.24) is 9.55 Å². The van der Waals surface area contributed by atoms with Crippen LogP contribution in [0.15, 0.2) is 30.5 Å². The molecule has 0 saturated heterocycles. The van der Waals surface area contributed by atoms with Gasteiger partial charge in [0.05, 0.1) is 5.56 Å². The number of aryl methyl sites for hydroxylation is 1. The minimum absolute atomic E-state index is 0.531. The predicted molar refractivity (Wildman–Crippen MR) is 65.6 cm³/mol. The van der Waals surface area contributed by atoms with Gasteiger partial charge >= 0.3 is 6.18 Å². The maximum absolute atomic E-state index is 12.7. The lowest BCUT2D eigenvalue weighted by molar-refractivity contribution is -0.137. The van der Waals surface area contributed by atoms with Crippen LogP contribution in [0.1, 0.15) is 24.1 Å². The fourth-order valence-electron chi connectivity index (χ4n) is 2.50. The van der Waals surface area contributed by atoms with Gasteiger partial charge in [0, 0.05) is 24.0 Å². The Morgan fingerprint density at radius 2 is 2.00 bits per heavy atom. The van der Waals surface area contributed by atoms with Crippen molar-refractivity contribution in [2.75, 3.05) is 0 Å². The third kappa shape index (κ3) is 2.25. The van der Waals surface area contributed by atoms with Gasteiger partial charge in [0.25, 0.3) is 0 Å². The number of hydrogen-bond donors (Lipinski definition) is 0. The van der Waals surface area contributed by atoms with Crippen LogP contribution in [0.3, 0.4) is 0 Å². The topological polar surface area (TPSA) is 17.8 Å². The molecule has 2 nitrogen and oxygen atoms in total. The first-order valence-corrected chi connectivity index (χ1v) is 6.28. The van der Waals surface area contributed by atoms with E-state index in [9.17, 15) is 13.2 Å². The second-order valence-electron chi connectivity index (χ2n) is 4.76.